The minimum atomic E-state index is 0.809. The van der Waals surface area contributed by atoms with Crippen LogP contribution < -0.4 is 0 Å². The molecule has 0 radical (unpaired) electrons. The summed E-state index contributed by atoms with van der Waals surface area (Å²) in [7, 11) is 0. The van der Waals surface area contributed by atoms with Crippen LogP contribution in [0, 0.1) is 0 Å². The third kappa shape index (κ3) is 4.30. The number of piperazine rings is 1. The van der Waals surface area contributed by atoms with Crippen LogP contribution in [0.25, 0.3) is 10.6 Å². The molecule has 0 saturated carbocycles. The van der Waals surface area contributed by atoms with Crippen LogP contribution in [-0.4, -0.2) is 41.1 Å². The van der Waals surface area contributed by atoms with Gasteiger partial charge in [0.05, 0.1) is 10.6 Å². The first-order valence-electron chi connectivity index (χ1n) is 8.45. The smallest absolute Gasteiger partial charge is 0.177 e. The Morgan fingerprint density at radius 1 is 1.00 bits per heavy atom. The second-order valence-corrected chi connectivity index (χ2v) is 7.73. The zero-order valence-electron chi connectivity index (χ0n) is 13.9. The molecule has 1 fully saturated rings. The van der Waals surface area contributed by atoms with E-state index < -0.39 is 0 Å². The summed E-state index contributed by atoms with van der Waals surface area (Å²) in [5.74, 6) is 0.865. The Morgan fingerprint density at radius 3 is 2.52 bits per heavy atom. The minimum Gasteiger partial charge on any atom is -0.355 e. The molecule has 25 heavy (non-hydrogen) atoms. The Bertz CT molecular complexity index is 810. The Balaban J connectivity index is 1.29. The van der Waals surface area contributed by atoms with Crippen molar-refractivity contribution >= 4 is 22.9 Å². The first kappa shape index (κ1) is 16.8. The van der Waals surface area contributed by atoms with Crippen LogP contribution in [0.1, 0.15) is 11.3 Å². The molecular weight excluding hydrogens is 354 g/mol. The monoisotopic (exact) mass is 373 g/mol. The third-order valence-electron chi connectivity index (χ3n) is 4.47. The summed E-state index contributed by atoms with van der Waals surface area (Å²) in [4.78, 5) is 6.04. The highest BCUT2D eigenvalue weighted by Crippen LogP contribution is 2.25. The number of benzene rings is 1. The molecule has 2 aromatic heterocycles. The standard InChI is InChI=1S/C19H20ClN3OS/c20-16-4-1-3-15(11-16)13-22-6-8-23(9-7-22)14-17-12-18(24-21-17)19-5-2-10-25-19/h1-5,10-12H,6-9,13-14H2. The molecule has 0 bridgehead atoms. The predicted octanol–water partition coefficient (Wildman–Crippen LogP) is 4.37. The lowest BCUT2D eigenvalue weighted by molar-refractivity contribution is 0.120. The number of halogens is 1. The summed E-state index contributed by atoms with van der Waals surface area (Å²) in [6.45, 7) is 6.01. The molecule has 0 unspecified atom stereocenters. The fourth-order valence-corrected chi connectivity index (χ4v) is 4.04. The molecule has 0 amide bonds. The molecule has 1 aliphatic rings. The van der Waals surface area contributed by atoms with Gasteiger partial charge < -0.3 is 4.52 Å². The van der Waals surface area contributed by atoms with Crippen LogP contribution >= 0.6 is 22.9 Å². The molecule has 0 atom stereocenters. The zero-order chi connectivity index (χ0) is 17.1. The highest BCUT2D eigenvalue weighted by molar-refractivity contribution is 7.13. The van der Waals surface area contributed by atoms with Crippen LogP contribution in [0.15, 0.2) is 52.4 Å². The van der Waals surface area contributed by atoms with E-state index in [4.69, 9.17) is 16.1 Å². The van der Waals surface area contributed by atoms with Crippen molar-refractivity contribution in [2.45, 2.75) is 13.1 Å². The van der Waals surface area contributed by atoms with E-state index in [0.29, 0.717) is 0 Å². The molecule has 130 valence electrons. The second-order valence-electron chi connectivity index (χ2n) is 6.34. The van der Waals surface area contributed by atoms with Gasteiger partial charge in [0.15, 0.2) is 5.76 Å². The van der Waals surface area contributed by atoms with Crippen LogP contribution in [-0.2, 0) is 13.1 Å². The summed E-state index contributed by atoms with van der Waals surface area (Å²) in [5.41, 5.74) is 2.28. The van der Waals surface area contributed by atoms with E-state index in [-0.39, 0.29) is 0 Å². The van der Waals surface area contributed by atoms with E-state index in [2.05, 4.69) is 44.6 Å². The van der Waals surface area contributed by atoms with Crippen LogP contribution in [0.4, 0.5) is 0 Å². The van der Waals surface area contributed by atoms with Crippen molar-refractivity contribution in [1.29, 1.82) is 0 Å². The maximum Gasteiger partial charge on any atom is 0.177 e. The van der Waals surface area contributed by atoms with E-state index in [0.717, 1.165) is 60.6 Å². The lowest BCUT2D eigenvalue weighted by Gasteiger charge is -2.34. The van der Waals surface area contributed by atoms with Crippen molar-refractivity contribution in [1.82, 2.24) is 15.0 Å². The van der Waals surface area contributed by atoms with E-state index in [1.54, 1.807) is 11.3 Å². The van der Waals surface area contributed by atoms with E-state index in [9.17, 15) is 0 Å². The van der Waals surface area contributed by atoms with Gasteiger partial charge in [-0.25, -0.2) is 0 Å². The van der Waals surface area contributed by atoms with Crippen LogP contribution in [0.2, 0.25) is 5.02 Å². The fraction of sp³-hybridized carbons (Fsp3) is 0.316. The summed E-state index contributed by atoms with van der Waals surface area (Å²) < 4.78 is 5.47. The lowest BCUT2D eigenvalue weighted by atomic mass is 10.2. The van der Waals surface area contributed by atoms with Crippen molar-refractivity contribution in [3.8, 4) is 10.6 Å². The summed E-state index contributed by atoms with van der Waals surface area (Å²) in [6, 6.07) is 14.3. The maximum atomic E-state index is 6.07. The van der Waals surface area contributed by atoms with Crippen molar-refractivity contribution in [3.63, 3.8) is 0 Å². The van der Waals surface area contributed by atoms with Gasteiger partial charge in [-0.15, -0.1) is 11.3 Å². The Kier molecular flexibility index (Phi) is 5.17. The maximum absolute atomic E-state index is 6.07. The van der Waals surface area contributed by atoms with Gasteiger partial charge in [0, 0.05) is 50.4 Å². The lowest BCUT2D eigenvalue weighted by Crippen LogP contribution is -2.45. The molecule has 1 aliphatic heterocycles. The van der Waals surface area contributed by atoms with Gasteiger partial charge in [-0.1, -0.05) is 35.0 Å². The van der Waals surface area contributed by atoms with Gasteiger partial charge in [0.2, 0.25) is 0 Å². The van der Waals surface area contributed by atoms with Gasteiger partial charge in [-0.05, 0) is 29.1 Å². The number of thiophene rings is 1. The molecule has 4 rings (SSSR count). The van der Waals surface area contributed by atoms with E-state index in [1.807, 2.05) is 18.2 Å². The van der Waals surface area contributed by atoms with Gasteiger partial charge in [-0.2, -0.15) is 0 Å². The van der Waals surface area contributed by atoms with Gasteiger partial charge in [0.1, 0.15) is 0 Å². The molecule has 4 nitrogen and oxygen atoms in total. The molecule has 0 aliphatic carbocycles. The minimum absolute atomic E-state index is 0.809. The molecule has 1 aromatic carbocycles. The fourth-order valence-electron chi connectivity index (χ4n) is 3.15. The van der Waals surface area contributed by atoms with Crippen molar-refractivity contribution in [3.05, 3.63) is 64.1 Å². The van der Waals surface area contributed by atoms with Crippen LogP contribution in [0.5, 0.6) is 0 Å². The van der Waals surface area contributed by atoms with Gasteiger partial charge >= 0.3 is 0 Å². The molecule has 3 heterocycles. The van der Waals surface area contributed by atoms with Gasteiger partial charge in [-0.3, -0.25) is 9.80 Å². The largest absolute Gasteiger partial charge is 0.355 e. The zero-order valence-corrected chi connectivity index (χ0v) is 15.5. The van der Waals surface area contributed by atoms with Crippen molar-refractivity contribution in [2.75, 3.05) is 26.2 Å². The first-order valence-corrected chi connectivity index (χ1v) is 9.71. The first-order chi connectivity index (χ1) is 12.3. The number of rotatable bonds is 5. The summed E-state index contributed by atoms with van der Waals surface area (Å²) >= 11 is 7.75. The molecule has 0 spiro atoms. The molecular formula is C19H20ClN3OS. The number of aromatic nitrogens is 1. The van der Waals surface area contributed by atoms with Crippen LogP contribution in [0.3, 0.4) is 0 Å². The summed E-state index contributed by atoms with van der Waals surface area (Å²) in [5, 5.41) is 7.09. The Hall–Kier alpha value is -1.66. The average molecular weight is 374 g/mol. The average Bonchev–Trinajstić information content (AvgIpc) is 3.28. The number of hydrogen-bond donors (Lipinski definition) is 0. The predicted molar refractivity (Wildman–Crippen MR) is 102 cm³/mol. The normalized spacial score (nSPS) is 16.4. The highest BCUT2D eigenvalue weighted by Gasteiger charge is 2.19. The topological polar surface area (TPSA) is 32.5 Å². The van der Waals surface area contributed by atoms with Gasteiger partial charge in [0.25, 0.3) is 0 Å². The molecule has 0 N–H and O–H groups in total. The number of hydrogen-bond acceptors (Lipinski definition) is 5. The summed E-state index contributed by atoms with van der Waals surface area (Å²) in [6.07, 6.45) is 0. The molecule has 6 heteroatoms. The van der Waals surface area contributed by atoms with Crippen molar-refractivity contribution < 1.29 is 4.52 Å². The molecule has 3 aromatic rings. The SMILES string of the molecule is Clc1cccc(CN2CCN(Cc3cc(-c4cccs4)on3)CC2)c1. The third-order valence-corrected chi connectivity index (χ3v) is 5.59. The van der Waals surface area contributed by atoms with Crippen molar-refractivity contribution in [2.24, 2.45) is 0 Å². The Morgan fingerprint density at radius 2 is 1.80 bits per heavy atom. The quantitative estimate of drug-likeness (QED) is 0.664. The molecule has 1 saturated heterocycles. The van der Waals surface area contributed by atoms with E-state index >= 15 is 0 Å². The second kappa shape index (κ2) is 7.70. The number of nitrogens with zero attached hydrogens (tertiary/aromatic N) is 3. The highest BCUT2D eigenvalue weighted by atomic mass is 35.5. The Labute approximate surface area is 156 Å². The van der Waals surface area contributed by atoms with E-state index in [1.165, 1.54) is 5.56 Å².